The van der Waals surface area contributed by atoms with E-state index in [0.29, 0.717) is 5.69 Å². The van der Waals surface area contributed by atoms with E-state index >= 15 is 0 Å². The van der Waals surface area contributed by atoms with Gasteiger partial charge in [0.1, 0.15) is 5.69 Å². The molecule has 2 aromatic heterocycles. The Morgan fingerprint density at radius 1 is 1.30 bits per heavy atom. The molecule has 0 unspecified atom stereocenters. The summed E-state index contributed by atoms with van der Waals surface area (Å²) in [7, 11) is 0. The topological polar surface area (TPSA) is 58.1 Å². The van der Waals surface area contributed by atoms with Gasteiger partial charge in [0.25, 0.3) is 5.91 Å². The lowest BCUT2D eigenvalue weighted by Crippen LogP contribution is -2.36. The number of aromatic nitrogens is 2. The van der Waals surface area contributed by atoms with Gasteiger partial charge in [-0.25, -0.2) is 4.98 Å². The molecule has 5 nitrogen and oxygen atoms in total. The highest BCUT2D eigenvalue weighted by Gasteiger charge is 2.19. The Balaban J connectivity index is 1.57. The molecule has 23 heavy (non-hydrogen) atoms. The number of nitrogens with one attached hydrogen (secondary N) is 1. The van der Waals surface area contributed by atoms with E-state index in [0.717, 1.165) is 49.6 Å². The van der Waals surface area contributed by atoms with Gasteiger partial charge in [0.2, 0.25) is 0 Å². The second kappa shape index (κ2) is 7.55. The van der Waals surface area contributed by atoms with Crippen molar-refractivity contribution in [2.24, 2.45) is 0 Å². The maximum Gasteiger partial charge on any atom is 0.272 e. The number of aryl methyl sites for hydroxylation is 1. The van der Waals surface area contributed by atoms with Crippen LogP contribution >= 0.6 is 11.3 Å². The Labute approximate surface area is 140 Å². The summed E-state index contributed by atoms with van der Waals surface area (Å²) in [6.45, 7) is 4.54. The van der Waals surface area contributed by atoms with Crippen LogP contribution in [0.2, 0.25) is 0 Å². The fourth-order valence-corrected chi connectivity index (χ4v) is 3.56. The highest BCUT2D eigenvalue weighted by Crippen LogP contribution is 2.16. The third-order valence-corrected chi connectivity index (χ3v) is 4.96. The number of carbonyl (C=O) groups excluding carboxylic acids is 1. The zero-order chi connectivity index (χ0) is 16.1. The molecule has 2 aromatic rings. The third kappa shape index (κ3) is 4.28. The summed E-state index contributed by atoms with van der Waals surface area (Å²) >= 11 is 1.73. The van der Waals surface area contributed by atoms with E-state index in [-0.39, 0.29) is 5.91 Å². The van der Waals surface area contributed by atoms with Gasteiger partial charge in [-0.3, -0.25) is 9.78 Å². The van der Waals surface area contributed by atoms with Crippen LogP contribution in [0.4, 0.5) is 5.69 Å². The molecular weight excluding hydrogens is 308 g/mol. The van der Waals surface area contributed by atoms with Gasteiger partial charge < -0.3 is 10.2 Å². The fraction of sp³-hybridized carbons (Fsp3) is 0.471. The third-order valence-electron chi connectivity index (χ3n) is 3.99. The lowest BCUT2D eigenvalue weighted by molar-refractivity contribution is 0.0718. The van der Waals surface area contributed by atoms with Crippen molar-refractivity contribution in [1.29, 1.82) is 0 Å². The normalized spacial score (nSPS) is 14.7. The predicted molar refractivity (Wildman–Crippen MR) is 93.0 cm³/mol. The van der Waals surface area contributed by atoms with E-state index in [9.17, 15) is 4.79 Å². The largest absolute Gasteiger partial charge is 0.385 e. The SMILES string of the molecule is Cc1ncc(CCNc2ccnc(C(=O)N3CCCCC3)c2)s1. The van der Waals surface area contributed by atoms with Crippen molar-refractivity contribution in [2.75, 3.05) is 25.0 Å². The van der Waals surface area contributed by atoms with Crippen molar-refractivity contribution < 1.29 is 4.79 Å². The summed E-state index contributed by atoms with van der Waals surface area (Å²) in [6.07, 6.45) is 7.98. The quantitative estimate of drug-likeness (QED) is 0.915. The number of thiazole rings is 1. The monoisotopic (exact) mass is 330 g/mol. The lowest BCUT2D eigenvalue weighted by Gasteiger charge is -2.26. The molecule has 6 heteroatoms. The first kappa shape index (κ1) is 15.9. The minimum Gasteiger partial charge on any atom is -0.385 e. The number of likely N-dealkylation sites (tertiary alicyclic amines) is 1. The van der Waals surface area contributed by atoms with Crippen molar-refractivity contribution in [3.05, 3.63) is 40.1 Å². The molecule has 1 aliphatic heterocycles. The summed E-state index contributed by atoms with van der Waals surface area (Å²) < 4.78 is 0. The second-order valence-electron chi connectivity index (χ2n) is 5.80. The number of amides is 1. The first-order valence-electron chi connectivity index (χ1n) is 8.13. The van der Waals surface area contributed by atoms with E-state index in [1.807, 2.05) is 30.2 Å². The molecule has 0 spiro atoms. The number of hydrogen-bond donors (Lipinski definition) is 1. The second-order valence-corrected chi connectivity index (χ2v) is 7.12. The van der Waals surface area contributed by atoms with Crippen molar-refractivity contribution in [2.45, 2.75) is 32.6 Å². The Kier molecular flexibility index (Phi) is 5.23. The Hall–Kier alpha value is -1.95. The van der Waals surface area contributed by atoms with Gasteiger partial charge in [-0.1, -0.05) is 0 Å². The summed E-state index contributed by atoms with van der Waals surface area (Å²) in [5.41, 5.74) is 1.48. The number of hydrogen-bond acceptors (Lipinski definition) is 5. The van der Waals surface area contributed by atoms with Crippen molar-refractivity contribution in [3.8, 4) is 0 Å². The van der Waals surface area contributed by atoms with Crippen LogP contribution < -0.4 is 5.32 Å². The Morgan fingerprint density at radius 2 is 2.13 bits per heavy atom. The maximum absolute atomic E-state index is 12.5. The predicted octanol–water partition coefficient (Wildman–Crippen LogP) is 3.13. The van der Waals surface area contributed by atoms with Gasteiger partial charge in [0.05, 0.1) is 5.01 Å². The molecule has 3 rings (SSSR count). The van der Waals surface area contributed by atoms with Crippen molar-refractivity contribution in [1.82, 2.24) is 14.9 Å². The molecule has 1 fully saturated rings. The molecule has 122 valence electrons. The average molecular weight is 330 g/mol. The molecule has 1 aliphatic rings. The first-order valence-corrected chi connectivity index (χ1v) is 8.94. The standard InChI is InChI=1S/C17H22N4OS/c1-13-20-12-15(23-13)6-8-18-14-5-7-19-16(11-14)17(22)21-9-3-2-4-10-21/h5,7,11-12H,2-4,6,8-10H2,1H3,(H,18,19). The van der Waals surface area contributed by atoms with Gasteiger partial charge in [0, 0.05) is 49.0 Å². The molecule has 0 bridgehead atoms. The number of nitrogens with zero attached hydrogens (tertiary/aromatic N) is 3. The van der Waals surface area contributed by atoms with Crippen LogP contribution in [0.3, 0.4) is 0 Å². The molecule has 0 aliphatic carbocycles. The summed E-state index contributed by atoms with van der Waals surface area (Å²) in [5, 5.41) is 4.46. The Bertz CT molecular complexity index is 664. The summed E-state index contributed by atoms with van der Waals surface area (Å²) in [5.74, 6) is 0.0476. The number of anilines is 1. The van der Waals surface area contributed by atoms with Crippen molar-refractivity contribution in [3.63, 3.8) is 0 Å². The minimum absolute atomic E-state index is 0.0476. The van der Waals surface area contributed by atoms with Crippen LogP contribution in [-0.2, 0) is 6.42 Å². The van der Waals surface area contributed by atoms with Gasteiger partial charge >= 0.3 is 0 Å². The van der Waals surface area contributed by atoms with E-state index in [2.05, 4.69) is 15.3 Å². The molecule has 0 aromatic carbocycles. The highest BCUT2D eigenvalue weighted by atomic mass is 32.1. The van der Waals surface area contributed by atoms with E-state index in [1.165, 1.54) is 11.3 Å². The molecule has 1 N–H and O–H groups in total. The van der Waals surface area contributed by atoms with Gasteiger partial charge in [-0.05, 0) is 38.3 Å². The van der Waals surface area contributed by atoms with Gasteiger partial charge in [-0.15, -0.1) is 11.3 Å². The molecular formula is C17H22N4OS. The van der Waals surface area contributed by atoms with Crippen LogP contribution in [0.5, 0.6) is 0 Å². The van der Waals surface area contributed by atoms with Crippen LogP contribution in [-0.4, -0.2) is 40.4 Å². The molecule has 0 atom stereocenters. The highest BCUT2D eigenvalue weighted by molar-refractivity contribution is 7.11. The van der Waals surface area contributed by atoms with Crippen LogP contribution in [0.15, 0.2) is 24.5 Å². The van der Waals surface area contributed by atoms with Crippen LogP contribution in [0.1, 0.15) is 39.6 Å². The van der Waals surface area contributed by atoms with Gasteiger partial charge in [0.15, 0.2) is 0 Å². The van der Waals surface area contributed by atoms with Crippen LogP contribution in [0, 0.1) is 6.92 Å². The molecule has 0 radical (unpaired) electrons. The molecule has 1 saturated heterocycles. The number of piperidine rings is 1. The summed E-state index contributed by atoms with van der Waals surface area (Å²) in [6, 6.07) is 3.76. The van der Waals surface area contributed by atoms with E-state index < -0.39 is 0 Å². The van der Waals surface area contributed by atoms with Gasteiger partial charge in [-0.2, -0.15) is 0 Å². The molecule has 1 amide bonds. The maximum atomic E-state index is 12.5. The van der Waals surface area contributed by atoms with Crippen LogP contribution in [0.25, 0.3) is 0 Å². The van der Waals surface area contributed by atoms with E-state index in [4.69, 9.17) is 0 Å². The van der Waals surface area contributed by atoms with Crippen molar-refractivity contribution >= 4 is 22.9 Å². The Morgan fingerprint density at radius 3 is 2.87 bits per heavy atom. The number of pyridine rings is 1. The number of carbonyl (C=O) groups is 1. The molecule has 3 heterocycles. The average Bonchev–Trinajstić information content (AvgIpc) is 3.00. The zero-order valence-corrected chi connectivity index (χ0v) is 14.2. The first-order chi connectivity index (χ1) is 11.2. The molecule has 0 saturated carbocycles. The smallest absolute Gasteiger partial charge is 0.272 e. The number of rotatable bonds is 5. The zero-order valence-electron chi connectivity index (χ0n) is 13.4. The lowest BCUT2D eigenvalue weighted by atomic mass is 10.1. The fourth-order valence-electron chi connectivity index (χ4n) is 2.77. The minimum atomic E-state index is 0.0476. The van der Waals surface area contributed by atoms with E-state index in [1.54, 1.807) is 17.5 Å². The summed E-state index contributed by atoms with van der Waals surface area (Å²) in [4.78, 5) is 24.2.